The maximum absolute atomic E-state index is 14.1. The smallest absolute Gasteiger partial charge is 0.417 e. The predicted octanol–water partition coefficient (Wildman–Crippen LogP) is 5.13. The summed E-state index contributed by atoms with van der Waals surface area (Å²) in [5.41, 5.74) is -2.98. The molecule has 30 heavy (non-hydrogen) atoms. The maximum Gasteiger partial charge on any atom is 0.417 e. The summed E-state index contributed by atoms with van der Waals surface area (Å²) in [7, 11) is 1.33. The van der Waals surface area contributed by atoms with E-state index in [4.69, 9.17) is 4.74 Å². The van der Waals surface area contributed by atoms with Gasteiger partial charge in [-0.05, 0) is 35.7 Å². The number of rotatable bonds is 6. The molecule has 0 amide bonds. The number of alkyl halides is 3. The summed E-state index contributed by atoms with van der Waals surface area (Å²) >= 11 is 0. The Kier molecular flexibility index (Phi) is 5.77. The Morgan fingerprint density at radius 1 is 1.17 bits per heavy atom. The molecule has 4 nitrogen and oxygen atoms in total. The molecule has 3 atom stereocenters. The molecule has 2 aromatic heterocycles. The molecule has 3 rings (SSSR count). The third-order valence-electron chi connectivity index (χ3n) is 5.77. The number of halogens is 5. The van der Waals surface area contributed by atoms with E-state index in [0.717, 1.165) is 18.3 Å². The van der Waals surface area contributed by atoms with E-state index in [1.807, 2.05) is 0 Å². The lowest BCUT2D eigenvalue weighted by molar-refractivity contribution is -0.279. The van der Waals surface area contributed by atoms with Crippen molar-refractivity contribution >= 4 is 10.9 Å². The minimum Gasteiger partial charge on any atom is -0.496 e. The molecule has 0 bridgehead atoms. The summed E-state index contributed by atoms with van der Waals surface area (Å²) in [6.07, 6.45) is -3.49. The van der Waals surface area contributed by atoms with Crippen molar-refractivity contribution in [1.82, 2.24) is 9.97 Å². The first-order chi connectivity index (χ1) is 14.0. The number of H-pyrrole nitrogens is 1. The SMILES string of the molecule is COc1ccc(F)cc1C(C)C(C)C(O)(Cc1cnc(F)c2[nH]ccc12)C(F)(F)F. The first kappa shape index (κ1) is 22.0. The Morgan fingerprint density at radius 3 is 2.50 bits per heavy atom. The van der Waals surface area contributed by atoms with Crippen molar-refractivity contribution in [3.05, 3.63) is 59.6 Å². The highest BCUT2D eigenvalue weighted by Gasteiger charge is 2.58. The number of ether oxygens (including phenoxy) is 1. The number of pyridine rings is 1. The van der Waals surface area contributed by atoms with Crippen molar-refractivity contribution < 1.29 is 31.8 Å². The average molecular weight is 428 g/mol. The molecule has 3 aromatic rings. The number of hydrogen-bond acceptors (Lipinski definition) is 3. The van der Waals surface area contributed by atoms with Gasteiger partial charge in [-0.2, -0.15) is 17.6 Å². The van der Waals surface area contributed by atoms with Crippen LogP contribution < -0.4 is 4.74 Å². The number of methoxy groups -OCH3 is 1. The summed E-state index contributed by atoms with van der Waals surface area (Å²) in [6.45, 7) is 2.71. The number of aromatic nitrogens is 2. The van der Waals surface area contributed by atoms with Crippen LogP contribution in [0.3, 0.4) is 0 Å². The van der Waals surface area contributed by atoms with E-state index in [9.17, 15) is 27.1 Å². The monoisotopic (exact) mass is 428 g/mol. The van der Waals surface area contributed by atoms with Crippen LogP contribution in [-0.2, 0) is 6.42 Å². The highest BCUT2D eigenvalue weighted by atomic mass is 19.4. The summed E-state index contributed by atoms with van der Waals surface area (Å²) in [5.74, 6) is -3.57. The number of aromatic amines is 1. The van der Waals surface area contributed by atoms with Crippen LogP contribution in [0.1, 0.15) is 30.9 Å². The topological polar surface area (TPSA) is 58.1 Å². The normalized spacial score (nSPS) is 16.3. The van der Waals surface area contributed by atoms with Gasteiger partial charge in [0.2, 0.25) is 5.95 Å². The van der Waals surface area contributed by atoms with Gasteiger partial charge >= 0.3 is 6.18 Å². The molecular formula is C21H21F5N2O2. The van der Waals surface area contributed by atoms with Gasteiger partial charge in [0, 0.05) is 35.7 Å². The van der Waals surface area contributed by atoms with Crippen molar-refractivity contribution in [1.29, 1.82) is 0 Å². The highest BCUT2D eigenvalue weighted by Crippen LogP contribution is 2.46. The van der Waals surface area contributed by atoms with Crippen LogP contribution in [0.25, 0.3) is 10.9 Å². The molecular weight excluding hydrogens is 407 g/mol. The lowest BCUT2D eigenvalue weighted by Crippen LogP contribution is -2.53. The molecule has 0 radical (unpaired) electrons. The fourth-order valence-electron chi connectivity index (χ4n) is 3.77. The molecule has 3 unspecified atom stereocenters. The number of hydrogen-bond donors (Lipinski definition) is 2. The predicted molar refractivity (Wildman–Crippen MR) is 101 cm³/mol. The molecule has 9 heteroatoms. The van der Waals surface area contributed by atoms with Crippen LogP contribution in [0.15, 0.2) is 36.7 Å². The Bertz CT molecular complexity index is 1050. The van der Waals surface area contributed by atoms with E-state index in [0.29, 0.717) is 0 Å². The van der Waals surface area contributed by atoms with Gasteiger partial charge in [0.05, 0.1) is 7.11 Å². The number of benzene rings is 1. The van der Waals surface area contributed by atoms with Crippen LogP contribution in [0.4, 0.5) is 22.0 Å². The molecule has 0 aliphatic carbocycles. The van der Waals surface area contributed by atoms with Crippen molar-refractivity contribution in [2.24, 2.45) is 5.92 Å². The summed E-state index contributed by atoms with van der Waals surface area (Å²) in [6, 6.07) is 4.99. The standard InChI is InChI=1S/C21H21F5N2O2/c1-11(16-8-14(22)4-5-17(16)30-3)12(2)20(29,21(24,25)26)9-13-10-28-19(23)18-15(13)6-7-27-18/h4-8,10-12,27,29H,9H2,1-3H3. The zero-order valence-corrected chi connectivity index (χ0v) is 16.5. The van der Waals surface area contributed by atoms with Gasteiger partial charge in [-0.3, -0.25) is 0 Å². The minimum atomic E-state index is -5.02. The Morgan fingerprint density at radius 2 is 1.87 bits per heavy atom. The molecule has 0 aliphatic rings. The molecule has 2 N–H and O–H groups in total. The van der Waals surface area contributed by atoms with Gasteiger partial charge in [-0.15, -0.1) is 0 Å². The molecule has 1 aromatic carbocycles. The third kappa shape index (κ3) is 3.74. The maximum atomic E-state index is 14.1. The van der Waals surface area contributed by atoms with Crippen molar-refractivity contribution in [2.75, 3.05) is 7.11 Å². The Labute approximate surface area is 169 Å². The van der Waals surface area contributed by atoms with Crippen molar-refractivity contribution in [2.45, 2.75) is 38.0 Å². The summed E-state index contributed by atoms with van der Waals surface area (Å²) in [5, 5.41) is 11.1. The van der Waals surface area contributed by atoms with E-state index >= 15 is 0 Å². The number of nitrogens with zero attached hydrogens (tertiary/aromatic N) is 1. The second-order valence-electron chi connectivity index (χ2n) is 7.40. The van der Waals surface area contributed by atoms with Gasteiger partial charge in [0.15, 0.2) is 5.60 Å². The Balaban J connectivity index is 2.06. The van der Waals surface area contributed by atoms with Crippen LogP contribution in [0.2, 0.25) is 0 Å². The van der Waals surface area contributed by atoms with E-state index in [1.165, 1.54) is 39.3 Å². The van der Waals surface area contributed by atoms with E-state index < -0.39 is 41.8 Å². The zero-order chi connectivity index (χ0) is 22.3. The highest BCUT2D eigenvalue weighted by molar-refractivity contribution is 5.82. The molecule has 162 valence electrons. The number of nitrogens with one attached hydrogen (secondary N) is 1. The van der Waals surface area contributed by atoms with E-state index in [-0.39, 0.29) is 27.8 Å². The van der Waals surface area contributed by atoms with Crippen LogP contribution >= 0.6 is 0 Å². The molecule has 0 aliphatic heterocycles. The third-order valence-corrected chi connectivity index (χ3v) is 5.77. The van der Waals surface area contributed by atoms with Gasteiger partial charge in [-0.25, -0.2) is 9.37 Å². The van der Waals surface area contributed by atoms with Crippen LogP contribution in [0, 0.1) is 17.7 Å². The lowest BCUT2D eigenvalue weighted by Gasteiger charge is -2.39. The van der Waals surface area contributed by atoms with Gasteiger partial charge < -0.3 is 14.8 Å². The lowest BCUT2D eigenvalue weighted by atomic mass is 9.73. The number of aliphatic hydroxyl groups is 1. The quantitative estimate of drug-likeness (QED) is 0.423. The van der Waals surface area contributed by atoms with Gasteiger partial charge in [0.1, 0.15) is 17.1 Å². The number of fused-ring (bicyclic) bond motifs is 1. The molecule has 0 saturated heterocycles. The summed E-state index contributed by atoms with van der Waals surface area (Å²) < 4.78 is 75.1. The second-order valence-corrected chi connectivity index (χ2v) is 7.40. The molecule has 0 fully saturated rings. The van der Waals surface area contributed by atoms with Crippen molar-refractivity contribution in [3.8, 4) is 5.75 Å². The average Bonchev–Trinajstić information content (AvgIpc) is 3.19. The van der Waals surface area contributed by atoms with E-state index in [1.54, 1.807) is 0 Å². The first-order valence-corrected chi connectivity index (χ1v) is 9.22. The minimum absolute atomic E-state index is 0.0375. The van der Waals surface area contributed by atoms with E-state index in [2.05, 4.69) is 9.97 Å². The van der Waals surface area contributed by atoms with Crippen LogP contribution in [-0.4, -0.2) is 34.0 Å². The second kappa shape index (κ2) is 7.86. The van der Waals surface area contributed by atoms with Gasteiger partial charge in [0.25, 0.3) is 0 Å². The Hall–Kier alpha value is -2.68. The fraction of sp³-hybridized carbons (Fsp3) is 0.381. The van der Waals surface area contributed by atoms with Crippen LogP contribution in [0.5, 0.6) is 5.75 Å². The fourth-order valence-corrected chi connectivity index (χ4v) is 3.77. The van der Waals surface area contributed by atoms with Gasteiger partial charge in [-0.1, -0.05) is 13.8 Å². The largest absolute Gasteiger partial charge is 0.496 e. The first-order valence-electron chi connectivity index (χ1n) is 9.22. The summed E-state index contributed by atoms with van der Waals surface area (Å²) in [4.78, 5) is 6.09. The molecule has 0 saturated carbocycles. The molecule has 0 spiro atoms. The molecule has 2 heterocycles. The zero-order valence-electron chi connectivity index (χ0n) is 16.5. The van der Waals surface area contributed by atoms with Crippen molar-refractivity contribution in [3.63, 3.8) is 0 Å².